The maximum Gasteiger partial charge on any atom is 0.412 e. The Labute approximate surface area is 166 Å². The Hall–Kier alpha value is -2.71. The van der Waals surface area contributed by atoms with Crippen LogP contribution in [-0.4, -0.2) is 38.8 Å². The zero-order valence-electron chi connectivity index (χ0n) is 15.4. The third-order valence-electron chi connectivity index (χ3n) is 4.53. The van der Waals surface area contributed by atoms with E-state index in [1.807, 2.05) is 23.6 Å². The van der Waals surface area contributed by atoms with Crippen molar-refractivity contribution < 1.29 is 14.3 Å². The molecule has 0 spiro atoms. The maximum atomic E-state index is 11.9. The molecule has 1 aliphatic rings. The molecule has 1 aliphatic heterocycles. The van der Waals surface area contributed by atoms with Crippen LogP contribution in [0, 0.1) is 0 Å². The van der Waals surface area contributed by atoms with Gasteiger partial charge >= 0.3 is 6.09 Å². The van der Waals surface area contributed by atoms with Gasteiger partial charge in [-0.2, -0.15) is 4.98 Å². The van der Waals surface area contributed by atoms with Crippen molar-refractivity contribution >= 4 is 28.9 Å². The number of aromatic nitrogens is 4. The van der Waals surface area contributed by atoms with Crippen LogP contribution in [-0.2, 0) is 4.74 Å². The van der Waals surface area contributed by atoms with Crippen LogP contribution in [0.1, 0.15) is 32.4 Å². The van der Waals surface area contributed by atoms with Crippen molar-refractivity contribution in [2.75, 3.05) is 13.2 Å². The van der Waals surface area contributed by atoms with Crippen molar-refractivity contribution in [3.8, 4) is 17.0 Å². The third kappa shape index (κ3) is 3.65. The van der Waals surface area contributed by atoms with Gasteiger partial charge in [-0.05, 0) is 49.9 Å². The van der Waals surface area contributed by atoms with Gasteiger partial charge in [0.2, 0.25) is 5.28 Å². The largest absolute Gasteiger partial charge is 0.412 e. The van der Waals surface area contributed by atoms with E-state index in [2.05, 4.69) is 20.3 Å². The van der Waals surface area contributed by atoms with E-state index >= 15 is 0 Å². The van der Waals surface area contributed by atoms with E-state index in [1.54, 1.807) is 18.5 Å². The molecule has 0 aliphatic carbocycles. The summed E-state index contributed by atoms with van der Waals surface area (Å²) in [5, 5.41) is 2.70. The van der Waals surface area contributed by atoms with Crippen molar-refractivity contribution in [3.63, 3.8) is 0 Å². The zero-order chi connectivity index (χ0) is 19.5. The number of benzene rings is 1. The van der Waals surface area contributed by atoms with E-state index in [0.717, 1.165) is 19.3 Å². The summed E-state index contributed by atoms with van der Waals surface area (Å²) in [7, 11) is 0. The Balaban J connectivity index is 1.80. The predicted molar refractivity (Wildman–Crippen MR) is 104 cm³/mol. The van der Waals surface area contributed by atoms with Crippen molar-refractivity contribution in [2.24, 2.45) is 0 Å². The van der Waals surface area contributed by atoms with E-state index in [9.17, 15) is 4.79 Å². The van der Waals surface area contributed by atoms with Crippen LogP contribution in [0.4, 0.5) is 4.79 Å². The molecule has 1 amide bonds. The number of para-hydroxylation sites is 1. The SMILES string of the molecule is CCNC(=O)Oc1ccccc1-c1nc(Cl)nc2c1ncn2C1CCCCO1. The van der Waals surface area contributed by atoms with Crippen LogP contribution >= 0.6 is 11.6 Å². The van der Waals surface area contributed by atoms with E-state index in [4.69, 9.17) is 21.1 Å². The van der Waals surface area contributed by atoms with E-state index < -0.39 is 6.09 Å². The fourth-order valence-corrected chi connectivity index (χ4v) is 3.43. The zero-order valence-corrected chi connectivity index (χ0v) is 16.1. The Morgan fingerprint density at radius 2 is 2.21 bits per heavy atom. The molecule has 1 fully saturated rings. The highest BCUT2D eigenvalue weighted by atomic mass is 35.5. The molecule has 9 heteroatoms. The third-order valence-corrected chi connectivity index (χ3v) is 4.70. The van der Waals surface area contributed by atoms with Gasteiger partial charge < -0.3 is 14.8 Å². The summed E-state index contributed by atoms with van der Waals surface area (Å²) in [5.41, 5.74) is 2.28. The molecule has 3 aromatic rings. The lowest BCUT2D eigenvalue weighted by Crippen LogP contribution is -2.26. The number of halogens is 1. The topological polar surface area (TPSA) is 91.2 Å². The molecule has 1 atom stereocenters. The number of carbonyl (C=O) groups excluding carboxylic acids is 1. The number of imidazole rings is 1. The Morgan fingerprint density at radius 1 is 1.36 bits per heavy atom. The Morgan fingerprint density at radius 3 is 3.00 bits per heavy atom. The molecule has 1 unspecified atom stereocenters. The van der Waals surface area contributed by atoms with Gasteiger partial charge in [-0.3, -0.25) is 4.57 Å². The normalized spacial score (nSPS) is 16.9. The van der Waals surface area contributed by atoms with Crippen molar-refractivity contribution in [2.45, 2.75) is 32.4 Å². The van der Waals surface area contributed by atoms with Gasteiger partial charge in [0.15, 0.2) is 5.65 Å². The maximum absolute atomic E-state index is 11.9. The number of hydrogen-bond donors (Lipinski definition) is 1. The average Bonchev–Trinajstić information content (AvgIpc) is 3.12. The second kappa shape index (κ2) is 8.12. The van der Waals surface area contributed by atoms with Crippen LogP contribution in [0.2, 0.25) is 5.28 Å². The highest BCUT2D eigenvalue weighted by Gasteiger charge is 2.23. The summed E-state index contributed by atoms with van der Waals surface area (Å²) in [4.78, 5) is 25.2. The lowest BCUT2D eigenvalue weighted by Gasteiger charge is -2.23. The Bertz CT molecular complexity index is 1000. The molecule has 8 nitrogen and oxygen atoms in total. The smallest absolute Gasteiger partial charge is 0.410 e. The first-order chi connectivity index (χ1) is 13.7. The number of fused-ring (bicyclic) bond motifs is 1. The van der Waals surface area contributed by atoms with E-state index in [1.165, 1.54) is 0 Å². The minimum Gasteiger partial charge on any atom is -0.410 e. The molecular formula is C19H20ClN5O3. The molecule has 1 N–H and O–H groups in total. The molecule has 3 heterocycles. The first kappa shape index (κ1) is 18.6. The standard InChI is InChI=1S/C19H20ClN5O3/c1-2-21-19(26)28-13-8-4-3-7-12(13)15-16-17(24-18(20)23-15)25(11-22-16)14-9-5-6-10-27-14/h3-4,7-8,11,14H,2,5-6,9-10H2,1H3,(H,21,26). The van der Waals surface area contributed by atoms with Gasteiger partial charge in [-0.15, -0.1) is 0 Å². The number of carbonyl (C=O) groups is 1. The van der Waals surface area contributed by atoms with Crippen LogP contribution in [0.5, 0.6) is 5.75 Å². The molecule has 1 saturated heterocycles. The first-order valence-corrected chi connectivity index (χ1v) is 9.62. The van der Waals surface area contributed by atoms with Crippen LogP contribution in [0.15, 0.2) is 30.6 Å². The molecule has 0 saturated carbocycles. The molecule has 4 rings (SSSR count). The summed E-state index contributed by atoms with van der Waals surface area (Å²) in [6, 6.07) is 7.13. The molecule has 146 valence electrons. The van der Waals surface area contributed by atoms with Crippen LogP contribution in [0.3, 0.4) is 0 Å². The summed E-state index contributed by atoms with van der Waals surface area (Å²) in [5.74, 6) is 0.369. The molecule has 28 heavy (non-hydrogen) atoms. The molecule has 0 radical (unpaired) electrons. The van der Waals surface area contributed by atoms with E-state index in [0.29, 0.717) is 41.3 Å². The van der Waals surface area contributed by atoms with Crippen LogP contribution < -0.4 is 10.1 Å². The quantitative estimate of drug-likeness (QED) is 0.665. The molecule has 2 aromatic heterocycles. The van der Waals surface area contributed by atoms with Gasteiger partial charge in [-0.1, -0.05) is 12.1 Å². The van der Waals surface area contributed by atoms with Gasteiger partial charge in [0.1, 0.15) is 23.2 Å². The van der Waals surface area contributed by atoms with Crippen molar-refractivity contribution in [1.29, 1.82) is 0 Å². The fourth-order valence-electron chi connectivity index (χ4n) is 3.26. The lowest BCUT2D eigenvalue weighted by molar-refractivity contribution is -0.0298. The first-order valence-electron chi connectivity index (χ1n) is 9.24. The number of nitrogens with zero attached hydrogens (tertiary/aromatic N) is 4. The number of nitrogens with one attached hydrogen (secondary N) is 1. The highest BCUT2D eigenvalue weighted by Crippen LogP contribution is 2.35. The lowest BCUT2D eigenvalue weighted by atomic mass is 10.1. The fraction of sp³-hybridized carbons (Fsp3) is 0.368. The average molecular weight is 402 g/mol. The number of hydrogen-bond acceptors (Lipinski definition) is 6. The molecule has 0 bridgehead atoms. The number of amides is 1. The van der Waals surface area contributed by atoms with Gasteiger partial charge in [0.05, 0.1) is 6.33 Å². The highest BCUT2D eigenvalue weighted by molar-refractivity contribution is 6.28. The molecular weight excluding hydrogens is 382 g/mol. The number of rotatable bonds is 4. The summed E-state index contributed by atoms with van der Waals surface area (Å²) >= 11 is 6.23. The monoisotopic (exact) mass is 401 g/mol. The second-order valence-corrected chi connectivity index (χ2v) is 6.74. The van der Waals surface area contributed by atoms with Gasteiger partial charge in [-0.25, -0.2) is 14.8 Å². The summed E-state index contributed by atoms with van der Waals surface area (Å²) in [6.07, 6.45) is 4.06. The minimum absolute atomic E-state index is 0.0906. The van der Waals surface area contributed by atoms with Gasteiger partial charge in [0.25, 0.3) is 0 Å². The Kier molecular flexibility index (Phi) is 5.40. The summed E-state index contributed by atoms with van der Waals surface area (Å²) in [6.45, 7) is 3.00. The van der Waals surface area contributed by atoms with Crippen molar-refractivity contribution in [1.82, 2.24) is 24.8 Å². The molecule has 1 aromatic carbocycles. The summed E-state index contributed by atoms with van der Waals surface area (Å²) < 4.78 is 13.2. The minimum atomic E-state index is -0.535. The second-order valence-electron chi connectivity index (χ2n) is 6.40. The predicted octanol–water partition coefficient (Wildman–Crippen LogP) is 3.95. The van der Waals surface area contributed by atoms with Gasteiger partial charge in [0, 0.05) is 18.7 Å². The number of ether oxygens (including phenoxy) is 2. The van der Waals surface area contributed by atoms with Crippen molar-refractivity contribution in [3.05, 3.63) is 35.9 Å². The van der Waals surface area contributed by atoms with E-state index in [-0.39, 0.29) is 11.5 Å². The van der Waals surface area contributed by atoms with Crippen LogP contribution in [0.25, 0.3) is 22.4 Å².